The first kappa shape index (κ1) is 27.4. The predicted molar refractivity (Wildman–Crippen MR) is 151 cm³/mol. The zero-order valence-electron chi connectivity index (χ0n) is 20.8. The van der Waals surface area contributed by atoms with Crippen LogP contribution < -0.4 is 10.7 Å². The molecule has 0 bridgehead atoms. The lowest BCUT2D eigenvalue weighted by molar-refractivity contribution is 0.0589. The highest BCUT2D eigenvalue weighted by atomic mass is 35.5. The number of piperazine rings is 1. The molecule has 0 spiro atoms. The summed E-state index contributed by atoms with van der Waals surface area (Å²) < 4.78 is 6.87. The quantitative estimate of drug-likeness (QED) is 0.369. The Labute approximate surface area is 231 Å². The van der Waals surface area contributed by atoms with Crippen LogP contribution in [0.2, 0.25) is 5.02 Å². The van der Waals surface area contributed by atoms with Gasteiger partial charge in [-0.05, 0) is 48.0 Å². The fourth-order valence-corrected chi connectivity index (χ4v) is 4.91. The van der Waals surface area contributed by atoms with E-state index in [2.05, 4.69) is 5.32 Å². The van der Waals surface area contributed by atoms with Gasteiger partial charge in [0.1, 0.15) is 5.69 Å². The highest BCUT2D eigenvalue weighted by Gasteiger charge is 2.25. The molecule has 1 N–H and O–H groups in total. The SMILES string of the molecule is COC(=O)c1c(Cc2ccc(C(=O)N3CCNCC3)cc2)c(=O)c2ccc(Cl)cc2n1-c1ccccc1.Cl. The molecule has 0 saturated carbocycles. The number of fused-ring (bicyclic) bond motifs is 1. The Morgan fingerprint density at radius 3 is 2.32 bits per heavy atom. The standard InChI is InChI=1S/C29H26ClN3O4.ClH/c1-37-29(36)26-24(17-19-7-9-20(10-8-19)28(35)32-15-13-31-14-16-32)27(34)23-12-11-21(30)18-25(23)33(26)22-5-3-2-4-6-22;/h2-12,18,31H,13-17H2,1H3;1H. The molecule has 1 saturated heterocycles. The van der Waals surface area contributed by atoms with Crippen LogP contribution >= 0.6 is 24.0 Å². The molecule has 3 aromatic carbocycles. The molecule has 2 heterocycles. The van der Waals surface area contributed by atoms with Crippen LogP contribution in [0.25, 0.3) is 16.6 Å². The van der Waals surface area contributed by atoms with Gasteiger partial charge < -0.3 is 19.5 Å². The van der Waals surface area contributed by atoms with Crippen molar-refractivity contribution in [2.24, 2.45) is 0 Å². The van der Waals surface area contributed by atoms with Crippen molar-refractivity contribution in [1.82, 2.24) is 14.8 Å². The van der Waals surface area contributed by atoms with Gasteiger partial charge in [0, 0.05) is 59.8 Å². The number of amides is 1. The number of rotatable bonds is 5. The Hall–Kier alpha value is -3.65. The maximum atomic E-state index is 13.7. The Balaban J connectivity index is 0.00000336. The lowest BCUT2D eigenvalue weighted by Gasteiger charge is -2.27. The number of esters is 1. The molecule has 7 nitrogen and oxygen atoms in total. The van der Waals surface area contributed by atoms with Gasteiger partial charge >= 0.3 is 5.97 Å². The largest absolute Gasteiger partial charge is 0.464 e. The lowest BCUT2D eigenvalue weighted by atomic mass is 9.98. The number of benzene rings is 3. The number of carbonyl (C=O) groups is 2. The maximum absolute atomic E-state index is 13.7. The summed E-state index contributed by atoms with van der Waals surface area (Å²) in [4.78, 5) is 41.5. The van der Waals surface area contributed by atoms with Gasteiger partial charge in [0.15, 0.2) is 5.43 Å². The van der Waals surface area contributed by atoms with Crippen molar-refractivity contribution in [2.45, 2.75) is 6.42 Å². The number of hydrogen-bond donors (Lipinski definition) is 1. The molecule has 0 radical (unpaired) electrons. The third-order valence-electron chi connectivity index (χ3n) is 6.61. The summed E-state index contributed by atoms with van der Waals surface area (Å²) in [6, 6.07) is 21.5. The maximum Gasteiger partial charge on any atom is 0.355 e. The molecule has 1 amide bonds. The molecular formula is C29H27Cl2N3O4. The van der Waals surface area contributed by atoms with Crippen LogP contribution in [-0.2, 0) is 11.2 Å². The number of carbonyl (C=O) groups excluding carboxylic acids is 2. The fraction of sp³-hybridized carbons (Fsp3) is 0.207. The second-order valence-electron chi connectivity index (χ2n) is 8.90. The van der Waals surface area contributed by atoms with Gasteiger partial charge in [-0.2, -0.15) is 0 Å². The first-order valence-corrected chi connectivity index (χ1v) is 12.5. The van der Waals surface area contributed by atoms with Crippen molar-refractivity contribution in [1.29, 1.82) is 0 Å². The van der Waals surface area contributed by atoms with Crippen LogP contribution in [0.5, 0.6) is 0 Å². The summed E-state index contributed by atoms with van der Waals surface area (Å²) in [6.45, 7) is 2.90. The first-order chi connectivity index (χ1) is 18.0. The second-order valence-corrected chi connectivity index (χ2v) is 9.33. The number of aromatic nitrogens is 1. The predicted octanol–water partition coefficient (Wildman–Crippen LogP) is 4.49. The van der Waals surface area contributed by atoms with E-state index in [1.165, 1.54) is 7.11 Å². The number of nitrogens with one attached hydrogen (secondary N) is 1. The van der Waals surface area contributed by atoms with Crippen molar-refractivity contribution < 1.29 is 14.3 Å². The van der Waals surface area contributed by atoms with E-state index in [1.54, 1.807) is 34.9 Å². The third kappa shape index (κ3) is 5.31. The van der Waals surface area contributed by atoms with Crippen LogP contribution in [0.3, 0.4) is 0 Å². The topological polar surface area (TPSA) is 80.6 Å². The summed E-state index contributed by atoms with van der Waals surface area (Å²) in [6.07, 6.45) is 0.191. The van der Waals surface area contributed by atoms with Crippen molar-refractivity contribution in [3.63, 3.8) is 0 Å². The molecule has 1 aliphatic heterocycles. The molecule has 0 atom stereocenters. The summed E-state index contributed by atoms with van der Waals surface area (Å²) in [5.41, 5.74) is 2.81. The van der Waals surface area contributed by atoms with Gasteiger partial charge in [0.25, 0.3) is 5.91 Å². The van der Waals surface area contributed by atoms with Gasteiger partial charge in [-0.1, -0.05) is 41.9 Å². The number of nitrogens with zero attached hydrogens (tertiary/aromatic N) is 2. The van der Waals surface area contributed by atoms with Gasteiger partial charge in [-0.3, -0.25) is 9.59 Å². The summed E-state index contributed by atoms with van der Waals surface area (Å²) in [7, 11) is 1.30. The molecule has 0 unspecified atom stereocenters. The minimum Gasteiger partial charge on any atom is -0.464 e. The minimum atomic E-state index is -0.622. The Kier molecular flexibility index (Phi) is 8.52. The van der Waals surface area contributed by atoms with Crippen LogP contribution in [0.4, 0.5) is 0 Å². The zero-order valence-corrected chi connectivity index (χ0v) is 22.3. The molecule has 0 aliphatic carbocycles. The van der Waals surface area contributed by atoms with Gasteiger partial charge in [-0.25, -0.2) is 4.79 Å². The van der Waals surface area contributed by atoms with E-state index in [4.69, 9.17) is 16.3 Å². The monoisotopic (exact) mass is 551 g/mol. The van der Waals surface area contributed by atoms with E-state index in [9.17, 15) is 14.4 Å². The lowest BCUT2D eigenvalue weighted by Crippen LogP contribution is -2.46. The molecule has 196 valence electrons. The van der Waals surface area contributed by atoms with Gasteiger partial charge in [0.2, 0.25) is 0 Å². The number of halogens is 2. The van der Waals surface area contributed by atoms with Crippen molar-refractivity contribution in [3.8, 4) is 5.69 Å². The van der Waals surface area contributed by atoms with E-state index in [1.807, 2.05) is 47.4 Å². The number of methoxy groups -OCH3 is 1. The van der Waals surface area contributed by atoms with Gasteiger partial charge in [0.05, 0.1) is 12.6 Å². The molecule has 5 rings (SSSR count). The third-order valence-corrected chi connectivity index (χ3v) is 6.84. The summed E-state index contributed by atoms with van der Waals surface area (Å²) in [5.74, 6) is -0.638. The molecular weight excluding hydrogens is 525 g/mol. The number of hydrogen-bond acceptors (Lipinski definition) is 5. The van der Waals surface area contributed by atoms with Crippen LogP contribution in [0, 0.1) is 0 Å². The van der Waals surface area contributed by atoms with Gasteiger partial charge in [-0.15, -0.1) is 12.4 Å². The second kappa shape index (κ2) is 11.8. The normalized spacial score (nSPS) is 13.2. The van der Waals surface area contributed by atoms with Crippen molar-refractivity contribution in [3.05, 3.63) is 110 Å². The molecule has 9 heteroatoms. The molecule has 4 aromatic rings. The highest BCUT2D eigenvalue weighted by molar-refractivity contribution is 6.31. The van der Waals surface area contributed by atoms with Crippen LogP contribution in [0.15, 0.2) is 77.6 Å². The van der Waals surface area contributed by atoms with E-state index in [0.29, 0.717) is 45.8 Å². The first-order valence-electron chi connectivity index (χ1n) is 12.1. The van der Waals surface area contributed by atoms with E-state index in [0.717, 1.165) is 18.7 Å². The Bertz CT molecular complexity index is 1530. The van der Waals surface area contributed by atoms with Crippen LogP contribution in [0.1, 0.15) is 32.0 Å². The zero-order chi connectivity index (χ0) is 25.9. The highest BCUT2D eigenvalue weighted by Crippen LogP contribution is 2.26. The fourth-order valence-electron chi connectivity index (χ4n) is 4.75. The molecule has 1 aromatic heterocycles. The number of ether oxygens (including phenoxy) is 1. The van der Waals surface area contributed by atoms with E-state index >= 15 is 0 Å². The van der Waals surface area contributed by atoms with Crippen molar-refractivity contribution >= 4 is 46.8 Å². The molecule has 38 heavy (non-hydrogen) atoms. The Morgan fingerprint density at radius 1 is 0.974 bits per heavy atom. The Morgan fingerprint density at radius 2 is 1.66 bits per heavy atom. The average molecular weight is 552 g/mol. The smallest absolute Gasteiger partial charge is 0.355 e. The average Bonchev–Trinajstić information content (AvgIpc) is 2.94. The summed E-state index contributed by atoms with van der Waals surface area (Å²) >= 11 is 6.30. The number of pyridine rings is 1. The molecule has 1 fully saturated rings. The van der Waals surface area contributed by atoms with E-state index in [-0.39, 0.29) is 35.9 Å². The van der Waals surface area contributed by atoms with Crippen molar-refractivity contribution in [2.75, 3.05) is 33.3 Å². The van der Waals surface area contributed by atoms with E-state index < -0.39 is 5.97 Å². The number of para-hydroxylation sites is 1. The van der Waals surface area contributed by atoms with Crippen LogP contribution in [-0.4, -0.2) is 54.6 Å². The molecule has 1 aliphatic rings. The minimum absolute atomic E-state index is 0. The summed E-state index contributed by atoms with van der Waals surface area (Å²) in [5, 5.41) is 4.14.